The Morgan fingerprint density at radius 2 is 1.58 bits per heavy atom. The number of pyridine rings is 1. The maximum atomic E-state index is 14.4. The Hall–Kier alpha value is -5.29. The molecule has 0 spiro atoms. The molecule has 2 saturated heterocycles. The van der Waals surface area contributed by atoms with Crippen LogP contribution >= 0.6 is 0 Å². The fourth-order valence-corrected chi connectivity index (χ4v) is 8.02. The number of hydrogen-bond acceptors (Lipinski definition) is 8. The molecule has 5 aromatic rings. The summed E-state index contributed by atoms with van der Waals surface area (Å²) in [6.45, 7) is 3.72. The van der Waals surface area contributed by atoms with Crippen LogP contribution in [0.3, 0.4) is 0 Å². The van der Waals surface area contributed by atoms with Crippen molar-refractivity contribution in [1.82, 2.24) is 24.3 Å². The molecule has 4 heterocycles. The number of methoxy groups -OCH3 is 3. The van der Waals surface area contributed by atoms with E-state index in [9.17, 15) is 14.0 Å². The van der Waals surface area contributed by atoms with Gasteiger partial charge in [-0.25, -0.2) is 9.37 Å². The van der Waals surface area contributed by atoms with Crippen molar-refractivity contribution in [2.75, 3.05) is 47.5 Å². The quantitative estimate of drug-likeness (QED) is 0.119. The van der Waals surface area contributed by atoms with E-state index < -0.39 is 5.41 Å². The summed E-state index contributed by atoms with van der Waals surface area (Å²) in [6, 6.07) is 23.9. The molecule has 0 aliphatic carbocycles. The van der Waals surface area contributed by atoms with Gasteiger partial charge in [-0.2, -0.15) is 0 Å². The van der Waals surface area contributed by atoms with E-state index in [1.165, 1.54) is 12.1 Å². The van der Waals surface area contributed by atoms with Gasteiger partial charge in [-0.1, -0.05) is 30.3 Å². The van der Waals surface area contributed by atoms with E-state index in [-0.39, 0.29) is 23.4 Å². The molecule has 0 N–H and O–H groups in total. The van der Waals surface area contributed by atoms with E-state index >= 15 is 0 Å². The second-order valence-electron chi connectivity index (χ2n) is 14.2. The molecular formula is C42H46FN5O5. The number of carbonyl (C=O) groups is 2. The summed E-state index contributed by atoms with van der Waals surface area (Å²) in [5.74, 6) is 1.79. The summed E-state index contributed by atoms with van der Waals surface area (Å²) in [4.78, 5) is 42.1. The third-order valence-corrected chi connectivity index (χ3v) is 10.9. The Balaban J connectivity index is 1.04. The number of benzene rings is 3. The molecule has 2 aromatic heterocycles. The molecule has 2 aliphatic rings. The summed E-state index contributed by atoms with van der Waals surface area (Å²) >= 11 is 0. The molecule has 1 unspecified atom stereocenters. The number of hydrogen-bond donors (Lipinski definition) is 0. The van der Waals surface area contributed by atoms with Crippen LogP contribution in [0.4, 0.5) is 4.39 Å². The first-order chi connectivity index (χ1) is 25.8. The molecule has 11 heteroatoms. The lowest BCUT2D eigenvalue weighted by molar-refractivity contribution is -0.137. The van der Waals surface area contributed by atoms with Crippen molar-refractivity contribution >= 4 is 22.7 Å². The third kappa shape index (κ3) is 7.62. The van der Waals surface area contributed by atoms with Crippen molar-refractivity contribution in [2.24, 2.45) is 11.3 Å². The molecule has 1 atom stereocenters. The second kappa shape index (κ2) is 15.8. The molecule has 3 aromatic carbocycles. The number of piperidine rings is 1. The minimum atomic E-state index is -0.637. The lowest BCUT2D eigenvalue weighted by Gasteiger charge is -2.35. The lowest BCUT2D eigenvalue weighted by Crippen LogP contribution is -2.42. The topological polar surface area (TPSA) is 99.0 Å². The molecule has 276 valence electrons. The summed E-state index contributed by atoms with van der Waals surface area (Å²) in [5.41, 5.74) is 3.78. The number of aromatic nitrogens is 3. The van der Waals surface area contributed by atoms with Crippen molar-refractivity contribution in [3.63, 3.8) is 0 Å². The van der Waals surface area contributed by atoms with E-state index in [1.54, 1.807) is 39.7 Å². The van der Waals surface area contributed by atoms with E-state index in [0.29, 0.717) is 62.0 Å². The zero-order valence-corrected chi connectivity index (χ0v) is 30.6. The van der Waals surface area contributed by atoms with E-state index in [4.69, 9.17) is 19.2 Å². The van der Waals surface area contributed by atoms with Crippen LogP contribution in [0.5, 0.6) is 17.2 Å². The summed E-state index contributed by atoms with van der Waals surface area (Å²) in [6.07, 6.45) is 5.08. The van der Waals surface area contributed by atoms with Gasteiger partial charge < -0.3 is 28.6 Å². The van der Waals surface area contributed by atoms with Crippen LogP contribution in [-0.2, 0) is 24.3 Å². The highest BCUT2D eigenvalue weighted by Gasteiger charge is 2.46. The van der Waals surface area contributed by atoms with E-state index in [0.717, 1.165) is 60.3 Å². The van der Waals surface area contributed by atoms with Crippen LogP contribution in [-0.4, -0.2) is 83.5 Å². The van der Waals surface area contributed by atoms with Crippen molar-refractivity contribution in [1.29, 1.82) is 0 Å². The van der Waals surface area contributed by atoms with Crippen LogP contribution in [0.1, 0.15) is 53.1 Å². The Morgan fingerprint density at radius 3 is 2.26 bits per heavy atom. The molecule has 53 heavy (non-hydrogen) atoms. The van der Waals surface area contributed by atoms with Crippen molar-refractivity contribution in [3.8, 4) is 17.2 Å². The molecule has 0 bridgehead atoms. The number of nitrogens with zero attached hydrogens (tertiary/aromatic N) is 5. The second-order valence-corrected chi connectivity index (χ2v) is 14.2. The molecule has 2 fully saturated rings. The highest BCUT2D eigenvalue weighted by atomic mass is 19.1. The first kappa shape index (κ1) is 36.1. The molecule has 0 saturated carbocycles. The number of imidazole rings is 1. The Labute approximate surface area is 309 Å². The van der Waals surface area contributed by atoms with Gasteiger partial charge in [-0.3, -0.25) is 14.6 Å². The number of Topliss-reactive ketones (excluding diaryl/α,β-unsaturated/α-hetero) is 1. The highest BCUT2D eigenvalue weighted by molar-refractivity contribution is 5.98. The number of ketones is 1. The first-order valence-electron chi connectivity index (χ1n) is 18.3. The minimum absolute atomic E-state index is 0.0676. The van der Waals surface area contributed by atoms with Gasteiger partial charge in [0.2, 0.25) is 17.4 Å². The first-order valence-corrected chi connectivity index (χ1v) is 18.3. The van der Waals surface area contributed by atoms with Gasteiger partial charge in [-0.05, 0) is 111 Å². The molecule has 0 radical (unpaired) electrons. The number of halogens is 1. The molecular weight excluding hydrogens is 673 g/mol. The van der Waals surface area contributed by atoms with Crippen molar-refractivity contribution in [2.45, 2.75) is 45.2 Å². The summed E-state index contributed by atoms with van der Waals surface area (Å²) < 4.78 is 32.5. The number of carbonyl (C=O) groups excluding carboxylic acids is 2. The maximum absolute atomic E-state index is 14.4. The van der Waals surface area contributed by atoms with Crippen LogP contribution in [0.15, 0.2) is 85.1 Å². The van der Waals surface area contributed by atoms with Crippen LogP contribution < -0.4 is 14.2 Å². The zero-order valence-electron chi connectivity index (χ0n) is 30.6. The standard InChI is InChI=1S/C42H46FN5O5/c1-51-36-24-30(25-37(52-2)39(36)53-3)27-47-23-18-42(41(47)50,26-29-11-13-32(43)14-12-29)17-22-46-20-15-31(16-21-46)38(49)40-45-34-9-4-5-10-35(34)48(40)28-33-8-6-7-19-44-33/h4-14,19,24-25,31H,15-18,20-23,26-28H2,1-3H3. The maximum Gasteiger partial charge on any atom is 0.229 e. The Bertz CT molecular complexity index is 2040. The number of ether oxygens (including phenoxy) is 3. The zero-order chi connectivity index (χ0) is 37.0. The number of fused-ring (bicyclic) bond motifs is 1. The van der Waals surface area contributed by atoms with Gasteiger partial charge in [0.15, 0.2) is 17.3 Å². The van der Waals surface area contributed by atoms with Crippen LogP contribution in [0, 0.1) is 17.2 Å². The minimum Gasteiger partial charge on any atom is -0.493 e. The largest absolute Gasteiger partial charge is 0.493 e. The monoisotopic (exact) mass is 719 g/mol. The van der Waals surface area contributed by atoms with Crippen LogP contribution in [0.2, 0.25) is 0 Å². The normalized spacial score (nSPS) is 18.1. The molecule has 2 aliphatic heterocycles. The fourth-order valence-electron chi connectivity index (χ4n) is 8.02. The average molecular weight is 720 g/mol. The van der Waals surface area contributed by atoms with Gasteiger partial charge >= 0.3 is 0 Å². The van der Waals surface area contributed by atoms with Crippen molar-refractivity contribution in [3.05, 3.63) is 114 Å². The van der Waals surface area contributed by atoms with Gasteiger partial charge in [-0.15, -0.1) is 0 Å². The highest BCUT2D eigenvalue weighted by Crippen LogP contribution is 2.42. The summed E-state index contributed by atoms with van der Waals surface area (Å²) in [7, 11) is 4.72. The Kier molecular flexibility index (Phi) is 10.7. The predicted octanol–water partition coefficient (Wildman–Crippen LogP) is 6.59. The molecule has 7 rings (SSSR count). The average Bonchev–Trinajstić information content (AvgIpc) is 3.71. The van der Waals surface area contributed by atoms with Crippen LogP contribution in [0.25, 0.3) is 11.0 Å². The SMILES string of the molecule is COc1cc(CN2CCC(CCN3CCC(C(=O)c4nc5ccccc5n4Cc4ccccn4)CC3)(Cc3ccc(F)cc3)C2=O)cc(OC)c1OC. The van der Waals surface area contributed by atoms with Gasteiger partial charge in [0.1, 0.15) is 5.82 Å². The fraction of sp³-hybridized carbons (Fsp3) is 0.381. The van der Waals surface area contributed by atoms with Gasteiger partial charge in [0.05, 0.1) is 50.0 Å². The third-order valence-electron chi connectivity index (χ3n) is 10.9. The predicted molar refractivity (Wildman–Crippen MR) is 200 cm³/mol. The van der Waals surface area contributed by atoms with E-state index in [1.807, 2.05) is 64.1 Å². The Morgan fingerprint density at radius 1 is 0.868 bits per heavy atom. The molecule has 10 nitrogen and oxygen atoms in total. The number of para-hydroxylation sites is 2. The number of rotatable bonds is 14. The van der Waals surface area contributed by atoms with Gasteiger partial charge in [0.25, 0.3) is 0 Å². The van der Waals surface area contributed by atoms with Gasteiger partial charge in [0, 0.05) is 25.2 Å². The van der Waals surface area contributed by atoms with Crippen molar-refractivity contribution < 1.29 is 28.2 Å². The number of likely N-dealkylation sites (tertiary alicyclic amines) is 2. The lowest BCUT2D eigenvalue weighted by atomic mass is 9.77. The van der Waals surface area contributed by atoms with E-state index in [2.05, 4.69) is 9.88 Å². The summed E-state index contributed by atoms with van der Waals surface area (Å²) in [5, 5.41) is 0. The smallest absolute Gasteiger partial charge is 0.229 e. The number of amides is 1. The molecule has 1 amide bonds.